The molecule has 0 spiro atoms. The zero-order valence-electron chi connectivity index (χ0n) is 12.0. The van der Waals surface area contributed by atoms with E-state index in [-0.39, 0.29) is 17.8 Å². The molecule has 0 radical (unpaired) electrons. The molecule has 1 saturated carbocycles. The average molecular weight is 315 g/mol. The van der Waals surface area contributed by atoms with Crippen LogP contribution in [-0.4, -0.2) is 50.8 Å². The van der Waals surface area contributed by atoms with Crippen LogP contribution in [0, 0.1) is 5.92 Å². The van der Waals surface area contributed by atoms with Crippen molar-refractivity contribution < 1.29 is 17.9 Å². The Hall–Kier alpha value is -1.12. The lowest BCUT2D eigenvalue weighted by Gasteiger charge is -2.21. The van der Waals surface area contributed by atoms with Crippen LogP contribution >= 0.6 is 0 Å². The molecule has 8 heteroatoms. The van der Waals surface area contributed by atoms with Gasteiger partial charge in [0.25, 0.3) is 0 Å². The summed E-state index contributed by atoms with van der Waals surface area (Å²) in [7, 11) is -1.92. The Bertz CT molecular complexity index is 576. The van der Waals surface area contributed by atoms with Crippen molar-refractivity contribution in [3.8, 4) is 0 Å². The Morgan fingerprint density at radius 3 is 2.95 bits per heavy atom. The highest BCUT2D eigenvalue weighted by molar-refractivity contribution is 7.92. The van der Waals surface area contributed by atoms with Crippen molar-refractivity contribution in [3.63, 3.8) is 0 Å². The minimum absolute atomic E-state index is 0.0627. The van der Waals surface area contributed by atoms with Crippen molar-refractivity contribution in [2.45, 2.75) is 31.3 Å². The van der Waals surface area contributed by atoms with E-state index in [0.717, 1.165) is 25.0 Å². The number of rotatable bonds is 7. The molecule has 1 aliphatic heterocycles. The third-order valence-electron chi connectivity index (χ3n) is 4.10. The quantitative estimate of drug-likeness (QED) is 0.785. The highest BCUT2D eigenvalue weighted by Gasteiger charge is 2.32. The molecule has 21 heavy (non-hydrogen) atoms. The Labute approximate surface area is 124 Å². The normalized spacial score (nSPS) is 24.1. The zero-order valence-corrected chi connectivity index (χ0v) is 12.9. The first kappa shape index (κ1) is 14.8. The Kier molecular flexibility index (Phi) is 4.19. The standard InChI is InChI=1S/C13H21N3O4S/c1-19-12(10-4-5-20-7-10)8-21(17,18)16-11-6-14-15-13(11)9-2-3-9/h6,9-10,12,16H,2-5,7-8H2,1H3,(H,14,15). The van der Waals surface area contributed by atoms with Crippen LogP contribution in [0.4, 0.5) is 5.69 Å². The maximum atomic E-state index is 12.3. The molecule has 2 aliphatic rings. The Balaban J connectivity index is 1.66. The molecule has 2 heterocycles. The van der Waals surface area contributed by atoms with E-state index in [1.165, 1.54) is 6.20 Å². The van der Waals surface area contributed by atoms with Crippen molar-refractivity contribution in [1.82, 2.24) is 10.2 Å². The number of anilines is 1. The fourth-order valence-corrected chi connectivity index (χ4v) is 4.15. The summed E-state index contributed by atoms with van der Waals surface area (Å²) in [5.41, 5.74) is 1.45. The number of nitrogens with zero attached hydrogens (tertiary/aromatic N) is 1. The monoisotopic (exact) mass is 315 g/mol. The summed E-state index contributed by atoms with van der Waals surface area (Å²) in [6.07, 6.45) is 4.19. The third-order valence-corrected chi connectivity index (χ3v) is 5.40. The van der Waals surface area contributed by atoms with Crippen molar-refractivity contribution >= 4 is 15.7 Å². The Morgan fingerprint density at radius 1 is 1.52 bits per heavy atom. The topological polar surface area (TPSA) is 93.3 Å². The van der Waals surface area contributed by atoms with E-state index in [2.05, 4.69) is 14.9 Å². The molecule has 0 aromatic carbocycles. The highest BCUT2D eigenvalue weighted by atomic mass is 32.2. The summed E-state index contributed by atoms with van der Waals surface area (Å²) in [5, 5.41) is 6.83. The fourth-order valence-electron chi connectivity index (χ4n) is 2.73. The summed E-state index contributed by atoms with van der Waals surface area (Å²) >= 11 is 0. The maximum Gasteiger partial charge on any atom is 0.235 e. The van der Waals surface area contributed by atoms with Crippen LogP contribution in [0.5, 0.6) is 0 Å². The van der Waals surface area contributed by atoms with Gasteiger partial charge in [0.1, 0.15) is 0 Å². The average Bonchev–Trinajstić information content (AvgIpc) is 2.96. The summed E-state index contributed by atoms with van der Waals surface area (Å²) < 4.78 is 38.0. The van der Waals surface area contributed by atoms with Gasteiger partial charge in [-0.2, -0.15) is 5.10 Å². The van der Waals surface area contributed by atoms with Crippen molar-refractivity contribution in [1.29, 1.82) is 0 Å². The van der Waals surface area contributed by atoms with Crippen LogP contribution in [0.2, 0.25) is 0 Å². The molecule has 0 amide bonds. The van der Waals surface area contributed by atoms with Crippen molar-refractivity contribution in [3.05, 3.63) is 11.9 Å². The van der Waals surface area contributed by atoms with Gasteiger partial charge in [-0.1, -0.05) is 0 Å². The van der Waals surface area contributed by atoms with Crippen LogP contribution in [-0.2, 0) is 19.5 Å². The largest absolute Gasteiger partial charge is 0.381 e. The smallest absolute Gasteiger partial charge is 0.235 e. The number of sulfonamides is 1. The molecular weight excluding hydrogens is 294 g/mol. The van der Waals surface area contributed by atoms with E-state index < -0.39 is 10.0 Å². The second-order valence-electron chi connectivity index (χ2n) is 5.75. The molecule has 1 aliphatic carbocycles. The summed E-state index contributed by atoms with van der Waals surface area (Å²) in [5.74, 6) is 0.484. The number of hydrogen-bond donors (Lipinski definition) is 2. The first-order chi connectivity index (χ1) is 10.1. The van der Waals surface area contributed by atoms with E-state index in [0.29, 0.717) is 24.8 Å². The van der Waals surface area contributed by atoms with Crippen LogP contribution in [0.3, 0.4) is 0 Å². The van der Waals surface area contributed by atoms with Gasteiger partial charge in [-0.05, 0) is 19.3 Å². The SMILES string of the molecule is COC(CS(=O)(=O)Nc1cn[nH]c1C1CC1)C1CCOC1. The first-order valence-corrected chi connectivity index (χ1v) is 8.88. The fraction of sp³-hybridized carbons (Fsp3) is 0.769. The maximum absolute atomic E-state index is 12.3. The van der Waals surface area contributed by atoms with Crippen molar-refractivity contribution in [2.24, 2.45) is 5.92 Å². The van der Waals surface area contributed by atoms with Gasteiger partial charge in [-0.15, -0.1) is 0 Å². The summed E-state index contributed by atoms with van der Waals surface area (Å²) in [4.78, 5) is 0. The number of nitrogens with one attached hydrogen (secondary N) is 2. The summed E-state index contributed by atoms with van der Waals surface area (Å²) in [6.45, 7) is 1.23. The molecule has 1 aromatic rings. The van der Waals surface area contributed by atoms with Gasteiger partial charge in [0, 0.05) is 25.6 Å². The van der Waals surface area contributed by atoms with Gasteiger partial charge in [0.2, 0.25) is 10.0 Å². The number of ether oxygens (including phenoxy) is 2. The molecule has 118 valence electrons. The second-order valence-corrected chi connectivity index (χ2v) is 7.52. The van der Waals surface area contributed by atoms with Crippen LogP contribution in [0.1, 0.15) is 30.9 Å². The van der Waals surface area contributed by atoms with Gasteiger partial charge >= 0.3 is 0 Å². The van der Waals surface area contributed by atoms with E-state index in [9.17, 15) is 8.42 Å². The number of aromatic amines is 1. The van der Waals surface area contributed by atoms with Crippen molar-refractivity contribution in [2.75, 3.05) is 30.8 Å². The van der Waals surface area contributed by atoms with E-state index in [1.807, 2.05) is 0 Å². The number of aromatic nitrogens is 2. The molecule has 2 unspecified atom stereocenters. The number of methoxy groups -OCH3 is 1. The lowest BCUT2D eigenvalue weighted by Crippen LogP contribution is -2.34. The van der Waals surface area contributed by atoms with Crippen LogP contribution < -0.4 is 4.72 Å². The minimum atomic E-state index is -3.47. The lowest BCUT2D eigenvalue weighted by molar-refractivity contribution is 0.0612. The molecule has 2 fully saturated rings. The lowest BCUT2D eigenvalue weighted by atomic mass is 10.0. The van der Waals surface area contributed by atoms with E-state index in [1.54, 1.807) is 7.11 Å². The predicted molar refractivity (Wildman–Crippen MR) is 77.7 cm³/mol. The molecule has 1 saturated heterocycles. The predicted octanol–water partition coefficient (Wildman–Crippen LogP) is 1.08. The van der Waals surface area contributed by atoms with E-state index in [4.69, 9.17) is 9.47 Å². The number of H-pyrrole nitrogens is 1. The Morgan fingerprint density at radius 2 is 2.33 bits per heavy atom. The number of hydrogen-bond acceptors (Lipinski definition) is 5. The molecule has 7 nitrogen and oxygen atoms in total. The molecular formula is C13H21N3O4S. The molecule has 2 N–H and O–H groups in total. The van der Waals surface area contributed by atoms with Gasteiger partial charge in [0.05, 0.1) is 36.0 Å². The van der Waals surface area contributed by atoms with Gasteiger partial charge < -0.3 is 9.47 Å². The molecule has 1 aromatic heterocycles. The summed E-state index contributed by atoms with van der Waals surface area (Å²) in [6, 6.07) is 0. The van der Waals surface area contributed by atoms with Crippen LogP contribution in [0.15, 0.2) is 6.20 Å². The third kappa shape index (κ3) is 3.56. The van der Waals surface area contributed by atoms with Gasteiger partial charge in [-0.3, -0.25) is 9.82 Å². The second kappa shape index (κ2) is 5.94. The molecule has 3 rings (SSSR count). The molecule has 0 bridgehead atoms. The van der Waals surface area contributed by atoms with Gasteiger partial charge in [0.15, 0.2) is 0 Å². The van der Waals surface area contributed by atoms with E-state index >= 15 is 0 Å². The first-order valence-electron chi connectivity index (χ1n) is 7.23. The van der Waals surface area contributed by atoms with Crippen LogP contribution in [0.25, 0.3) is 0 Å². The zero-order chi connectivity index (χ0) is 14.9. The van der Waals surface area contributed by atoms with Gasteiger partial charge in [-0.25, -0.2) is 8.42 Å². The molecule has 2 atom stereocenters. The highest BCUT2D eigenvalue weighted by Crippen LogP contribution is 2.42. The minimum Gasteiger partial charge on any atom is -0.381 e.